The third kappa shape index (κ3) is 3.68. The van der Waals surface area contributed by atoms with Crippen LogP contribution in [0, 0.1) is 5.92 Å². The first-order valence-electron chi connectivity index (χ1n) is 7.99. The van der Waals surface area contributed by atoms with E-state index in [1.54, 1.807) is 13.1 Å². The molecule has 1 fully saturated rings. The Balaban J connectivity index is 1.63. The monoisotopic (exact) mass is 313 g/mol. The van der Waals surface area contributed by atoms with Gasteiger partial charge in [-0.25, -0.2) is 0 Å². The first-order chi connectivity index (χ1) is 11.0. The van der Waals surface area contributed by atoms with Crippen LogP contribution in [0.3, 0.4) is 0 Å². The number of ketones is 1. The van der Waals surface area contributed by atoms with Gasteiger partial charge in [-0.05, 0) is 31.5 Å². The fraction of sp³-hybridized carbons (Fsp3) is 0.444. The van der Waals surface area contributed by atoms with Crippen molar-refractivity contribution in [2.45, 2.75) is 26.0 Å². The zero-order valence-electron chi connectivity index (χ0n) is 13.6. The molecule has 1 aliphatic rings. The normalized spacial score (nSPS) is 21.7. The average Bonchev–Trinajstić information content (AvgIpc) is 3.04. The van der Waals surface area contributed by atoms with Crippen LogP contribution in [0.15, 0.2) is 36.7 Å². The van der Waals surface area contributed by atoms with Gasteiger partial charge in [0.25, 0.3) is 0 Å². The van der Waals surface area contributed by atoms with E-state index in [0.29, 0.717) is 6.54 Å². The SMILES string of the molecule is CC(=O)c1cc(CN2C[C@@H](Cc3ccccn3)[C@H](O)C2)n(C)c1. The van der Waals surface area contributed by atoms with Gasteiger partial charge >= 0.3 is 0 Å². The first kappa shape index (κ1) is 15.9. The highest BCUT2D eigenvalue weighted by atomic mass is 16.3. The molecule has 0 bridgehead atoms. The van der Waals surface area contributed by atoms with Crippen LogP contribution < -0.4 is 0 Å². The summed E-state index contributed by atoms with van der Waals surface area (Å²) in [5.41, 5.74) is 2.87. The number of Topliss-reactive ketones (excluding diaryl/α,β-unsaturated/α-hetero) is 1. The van der Waals surface area contributed by atoms with Crippen LogP contribution in [0.5, 0.6) is 0 Å². The summed E-state index contributed by atoms with van der Waals surface area (Å²) in [6.45, 7) is 3.84. The minimum absolute atomic E-state index is 0.0846. The standard InChI is InChI=1S/C18H23N3O2/c1-13(22)14-8-17(20(2)9-14)11-21-10-15(18(23)12-21)7-16-5-3-4-6-19-16/h3-6,8-9,15,18,23H,7,10-12H2,1-2H3/t15-,18-/m1/s1. The zero-order chi connectivity index (χ0) is 16.4. The summed E-state index contributed by atoms with van der Waals surface area (Å²) in [4.78, 5) is 18.1. The number of likely N-dealkylation sites (tertiary alicyclic amines) is 1. The molecule has 122 valence electrons. The van der Waals surface area contributed by atoms with E-state index >= 15 is 0 Å². The lowest BCUT2D eigenvalue weighted by molar-refractivity contribution is 0.101. The van der Waals surface area contributed by atoms with Gasteiger partial charge in [0.2, 0.25) is 0 Å². The Bertz CT molecular complexity index is 681. The molecule has 0 unspecified atom stereocenters. The Hall–Kier alpha value is -1.98. The third-order valence-corrected chi connectivity index (χ3v) is 4.58. The van der Waals surface area contributed by atoms with E-state index < -0.39 is 0 Å². The predicted octanol–water partition coefficient (Wildman–Crippen LogP) is 1.66. The van der Waals surface area contributed by atoms with E-state index in [1.807, 2.05) is 42.1 Å². The van der Waals surface area contributed by atoms with Crippen molar-refractivity contribution in [1.82, 2.24) is 14.5 Å². The van der Waals surface area contributed by atoms with Gasteiger partial charge < -0.3 is 9.67 Å². The van der Waals surface area contributed by atoms with E-state index in [2.05, 4.69) is 9.88 Å². The zero-order valence-corrected chi connectivity index (χ0v) is 13.6. The van der Waals surface area contributed by atoms with Crippen molar-refractivity contribution in [3.05, 3.63) is 53.6 Å². The molecular weight excluding hydrogens is 290 g/mol. The van der Waals surface area contributed by atoms with Gasteiger partial charge in [0.05, 0.1) is 6.10 Å². The lowest BCUT2D eigenvalue weighted by atomic mass is 10.00. The molecule has 23 heavy (non-hydrogen) atoms. The van der Waals surface area contributed by atoms with Crippen LogP contribution in [0.2, 0.25) is 0 Å². The third-order valence-electron chi connectivity index (χ3n) is 4.58. The number of aliphatic hydroxyl groups excluding tert-OH is 1. The summed E-state index contributed by atoms with van der Waals surface area (Å²) >= 11 is 0. The lowest BCUT2D eigenvalue weighted by Crippen LogP contribution is -2.22. The Morgan fingerprint density at radius 2 is 2.22 bits per heavy atom. The maximum Gasteiger partial charge on any atom is 0.161 e. The number of hydrogen-bond donors (Lipinski definition) is 1. The summed E-state index contributed by atoms with van der Waals surface area (Å²) in [6, 6.07) is 7.84. The molecule has 0 saturated carbocycles. The fourth-order valence-electron chi connectivity index (χ4n) is 3.25. The van der Waals surface area contributed by atoms with Crippen LogP contribution in [0.1, 0.15) is 28.7 Å². The van der Waals surface area contributed by atoms with E-state index in [0.717, 1.165) is 36.5 Å². The van der Waals surface area contributed by atoms with Crippen molar-refractivity contribution in [3.63, 3.8) is 0 Å². The van der Waals surface area contributed by atoms with Gasteiger partial charge in [-0.15, -0.1) is 0 Å². The summed E-state index contributed by atoms with van der Waals surface area (Å²) in [5, 5.41) is 10.3. The number of nitrogens with zero attached hydrogens (tertiary/aromatic N) is 3. The number of aliphatic hydroxyl groups is 1. The van der Waals surface area contributed by atoms with Crippen molar-refractivity contribution in [2.75, 3.05) is 13.1 Å². The summed E-state index contributed by atoms with van der Waals surface area (Å²) in [7, 11) is 1.96. The van der Waals surface area contributed by atoms with Crippen molar-refractivity contribution < 1.29 is 9.90 Å². The Morgan fingerprint density at radius 1 is 1.39 bits per heavy atom. The second kappa shape index (κ2) is 6.64. The number of hydrogen-bond acceptors (Lipinski definition) is 4. The largest absolute Gasteiger partial charge is 0.391 e. The smallest absolute Gasteiger partial charge is 0.161 e. The Labute approximate surface area is 136 Å². The van der Waals surface area contributed by atoms with Crippen LogP contribution in [0.4, 0.5) is 0 Å². The van der Waals surface area contributed by atoms with E-state index in [-0.39, 0.29) is 17.8 Å². The minimum atomic E-state index is -0.329. The molecule has 5 heteroatoms. The van der Waals surface area contributed by atoms with Crippen molar-refractivity contribution >= 4 is 5.78 Å². The van der Waals surface area contributed by atoms with Gasteiger partial charge in [-0.1, -0.05) is 6.07 Å². The fourth-order valence-corrected chi connectivity index (χ4v) is 3.25. The van der Waals surface area contributed by atoms with Crippen LogP contribution >= 0.6 is 0 Å². The summed E-state index contributed by atoms with van der Waals surface area (Å²) < 4.78 is 2.00. The molecule has 3 heterocycles. The Kier molecular flexibility index (Phi) is 4.59. The summed E-state index contributed by atoms with van der Waals surface area (Å²) in [5.74, 6) is 0.291. The average molecular weight is 313 g/mol. The molecule has 5 nitrogen and oxygen atoms in total. The van der Waals surface area contributed by atoms with Crippen LogP contribution in [-0.2, 0) is 20.0 Å². The number of rotatable bonds is 5. The molecule has 1 aliphatic heterocycles. The van der Waals surface area contributed by atoms with E-state index in [4.69, 9.17) is 0 Å². The topological polar surface area (TPSA) is 58.4 Å². The number of carbonyl (C=O) groups excluding carboxylic acids is 1. The lowest BCUT2D eigenvalue weighted by Gasteiger charge is -2.16. The van der Waals surface area contributed by atoms with Crippen LogP contribution in [0.25, 0.3) is 0 Å². The quantitative estimate of drug-likeness (QED) is 0.853. The number of aromatic nitrogens is 2. The molecule has 1 saturated heterocycles. The number of pyridine rings is 1. The molecule has 0 radical (unpaired) electrons. The highest BCUT2D eigenvalue weighted by Gasteiger charge is 2.31. The Morgan fingerprint density at radius 3 is 2.87 bits per heavy atom. The molecule has 0 spiro atoms. The predicted molar refractivity (Wildman–Crippen MR) is 88.1 cm³/mol. The molecule has 2 atom stereocenters. The maximum absolute atomic E-state index is 11.5. The molecule has 2 aromatic heterocycles. The van der Waals surface area contributed by atoms with E-state index in [1.165, 1.54) is 0 Å². The first-order valence-corrected chi connectivity index (χ1v) is 7.99. The molecule has 1 N–H and O–H groups in total. The van der Waals surface area contributed by atoms with Gasteiger partial charge in [-0.3, -0.25) is 14.7 Å². The highest BCUT2D eigenvalue weighted by Crippen LogP contribution is 2.23. The highest BCUT2D eigenvalue weighted by molar-refractivity contribution is 5.94. The second-order valence-electron chi connectivity index (χ2n) is 6.43. The van der Waals surface area contributed by atoms with Gasteiger partial charge in [0, 0.05) is 61.9 Å². The van der Waals surface area contributed by atoms with Crippen molar-refractivity contribution in [3.8, 4) is 0 Å². The van der Waals surface area contributed by atoms with E-state index in [9.17, 15) is 9.90 Å². The van der Waals surface area contributed by atoms with Crippen molar-refractivity contribution in [2.24, 2.45) is 13.0 Å². The summed E-state index contributed by atoms with van der Waals surface area (Å²) in [6.07, 6.45) is 4.13. The molecule has 0 aliphatic carbocycles. The van der Waals surface area contributed by atoms with Crippen molar-refractivity contribution in [1.29, 1.82) is 0 Å². The number of carbonyl (C=O) groups is 1. The van der Waals surface area contributed by atoms with Gasteiger partial charge in [0.15, 0.2) is 5.78 Å². The number of aryl methyl sites for hydroxylation is 1. The minimum Gasteiger partial charge on any atom is -0.391 e. The van der Waals surface area contributed by atoms with Crippen LogP contribution in [-0.4, -0.2) is 44.5 Å². The molecule has 0 aromatic carbocycles. The molecule has 2 aromatic rings. The molecule has 3 rings (SSSR count). The van der Waals surface area contributed by atoms with Gasteiger partial charge in [-0.2, -0.15) is 0 Å². The molecular formula is C18H23N3O2. The maximum atomic E-state index is 11.5. The number of β-amino-alcohol motifs (C(OH)–C–C–N with tert-alkyl or cyclic N) is 1. The second-order valence-corrected chi connectivity index (χ2v) is 6.43. The molecule has 0 amide bonds. The van der Waals surface area contributed by atoms with Gasteiger partial charge in [0.1, 0.15) is 0 Å².